The van der Waals surface area contributed by atoms with E-state index in [1.54, 1.807) is 17.0 Å². The van der Waals surface area contributed by atoms with E-state index in [9.17, 15) is 26.4 Å². The van der Waals surface area contributed by atoms with Gasteiger partial charge in [0.15, 0.2) is 0 Å². The first kappa shape index (κ1) is 30.9. The van der Waals surface area contributed by atoms with Gasteiger partial charge in [0.2, 0.25) is 15.9 Å². The van der Waals surface area contributed by atoms with E-state index in [0.29, 0.717) is 24.7 Å². The average molecular weight is 546 g/mol. The lowest BCUT2D eigenvalue weighted by atomic mass is 10.2. The topological polar surface area (TPSA) is 116 Å². The van der Waals surface area contributed by atoms with Crippen LogP contribution in [0.2, 0.25) is 5.02 Å². The number of rotatable bonds is 10. The third kappa shape index (κ3) is 10.2. The van der Waals surface area contributed by atoms with Crippen LogP contribution in [0.25, 0.3) is 0 Å². The monoisotopic (exact) mass is 545 g/mol. The highest BCUT2D eigenvalue weighted by molar-refractivity contribution is 7.89. The molecule has 0 aliphatic carbocycles. The van der Waals surface area contributed by atoms with E-state index in [-0.39, 0.29) is 29.5 Å². The van der Waals surface area contributed by atoms with Crippen LogP contribution < -0.4 is 10.1 Å². The Morgan fingerprint density at radius 3 is 2.31 bits per heavy atom. The van der Waals surface area contributed by atoms with Crippen molar-refractivity contribution in [3.8, 4) is 5.75 Å². The molecular weight excluding hydrogens is 515 g/mol. The van der Waals surface area contributed by atoms with E-state index in [2.05, 4.69) is 12.2 Å². The lowest BCUT2D eigenvalue weighted by Crippen LogP contribution is -2.47. The Kier molecular flexibility index (Phi) is 12.8. The minimum atomic E-state index is -5.08. The number of carbonyl (C=O) groups excluding carboxylic acids is 1. The minimum Gasteiger partial charge on any atom is -0.495 e. The molecule has 0 aromatic heterocycles. The van der Waals surface area contributed by atoms with Crippen LogP contribution in [0, 0.1) is 0 Å². The summed E-state index contributed by atoms with van der Waals surface area (Å²) in [6.07, 6.45) is -2.28. The molecule has 1 amide bonds. The van der Waals surface area contributed by atoms with E-state index in [1.165, 1.54) is 17.5 Å². The van der Waals surface area contributed by atoms with Crippen LogP contribution in [-0.2, 0) is 19.6 Å². The molecule has 1 saturated heterocycles. The number of sulfonamides is 1. The number of nitrogens with one attached hydrogen (secondary N) is 1. The maximum absolute atomic E-state index is 13.3. The zero-order valence-corrected chi connectivity index (χ0v) is 21.2. The van der Waals surface area contributed by atoms with Gasteiger partial charge in [0.05, 0.1) is 7.11 Å². The number of aliphatic carboxylic acids is 1. The van der Waals surface area contributed by atoms with Gasteiger partial charge in [-0.2, -0.15) is 17.5 Å². The van der Waals surface area contributed by atoms with Crippen molar-refractivity contribution < 1.29 is 41.0 Å². The minimum absolute atomic E-state index is 0.0183. The summed E-state index contributed by atoms with van der Waals surface area (Å²) in [5.74, 6) is -2.53. The fraction of sp³-hybridized carbons (Fsp3) is 0.619. The van der Waals surface area contributed by atoms with E-state index in [4.69, 9.17) is 26.2 Å². The molecule has 1 aromatic carbocycles. The van der Waals surface area contributed by atoms with Crippen molar-refractivity contribution in [1.82, 2.24) is 14.5 Å². The fourth-order valence-electron chi connectivity index (χ4n) is 3.17. The summed E-state index contributed by atoms with van der Waals surface area (Å²) in [7, 11) is -2.40. The van der Waals surface area contributed by atoms with Crippen molar-refractivity contribution in [2.24, 2.45) is 0 Å². The lowest BCUT2D eigenvalue weighted by molar-refractivity contribution is -0.192. The van der Waals surface area contributed by atoms with Crippen molar-refractivity contribution in [3.05, 3.63) is 23.2 Å². The van der Waals surface area contributed by atoms with Crippen LogP contribution in [0.4, 0.5) is 13.2 Å². The van der Waals surface area contributed by atoms with Crippen molar-refractivity contribution >= 4 is 33.5 Å². The Hall–Kier alpha value is -2.09. The van der Waals surface area contributed by atoms with E-state index >= 15 is 0 Å². The number of methoxy groups -OCH3 is 1. The Balaban J connectivity index is 0.000000762. The fourth-order valence-corrected chi connectivity index (χ4v) is 5.07. The summed E-state index contributed by atoms with van der Waals surface area (Å²) in [5.41, 5.74) is 0. The highest BCUT2D eigenvalue weighted by Gasteiger charge is 2.38. The molecule has 200 valence electrons. The van der Waals surface area contributed by atoms with Gasteiger partial charge in [0, 0.05) is 50.7 Å². The molecule has 1 aromatic rings. The van der Waals surface area contributed by atoms with Gasteiger partial charge in [-0.05, 0) is 24.6 Å². The zero-order chi connectivity index (χ0) is 26.6. The summed E-state index contributed by atoms with van der Waals surface area (Å²) >= 11 is 6.04. The third-order valence-corrected chi connectivity index (χ3v) is 7.20. The summed E-state index contributed by atoms with van der Waals surface area (Å²) in [6, 6.07) is 4.54. The Morgan fingerprint density at radius 1 is 1.20 bits per heavy atom. The van der Waals surface area contributed by atoms with Crippen LogP contribution in [0.5, 0.6) is 5.75 Å². The molecule has 1 aliphatic heterocycles. The van der Waals surface area contributed by atoms with E-state index < -0.39 is 22.2 Å². The average Bonchev–Trinajstić information content (AvgIpc) is 2.81. The van der Waals surface area contributed by atoms with Crippen LogP contribution in [0.3, 0.4) is 0 Å². The molecule has 0 unspecified atom stereocenters. The highest BCUT2D eigenvalue weighted by atomic mass is 35.5. The summed E-state index contributed by atoms with van der Waals surface area (Å²) < 4.78 is 65.0. The van der Waals surface area contributed by atoms with E-state index in [0.717, 1.165) is 32.4 Å². The number of alkyl halides is 3. The second kappa shape index (κ2) is 14.5. The molecule has 0 bridgehead atoms. The number of piperazine rings is 1. The summed E-state index contributed by atoms with van der Waals surface area (Å²) in [5, 5.41) is 10.7. The number of nitrogens with zero attached hydrogens (tertiary/aromatic N) is 2. The van der Waals surface area contributed by atoms with Gasteiger partial charge in [-0.15, -0.1) is 0 Å². The molecule has 1 fully saturated rings. The molecule has 14 heteroatoms. The molecule has 0 atom stereocenters. The molecule has 2 rings (SSSR count). The lowest BCUT2D eigenvalue weighted by Gasteiger charge is -2.29. The van der Waals surface area contributed by atoms with E-state index in [1.807, 2.05) is 0 Å². The molecule has 0 radical (unpaired) electrons. The van der Waals surface area contributed by atoms with Crippen molar-refractivity contribution in [3.63, 3.8) is 0 Å². The van der Waals surface area contributed by atoms with Crippen molar-refractivity contribution in [1.29, 1.82) is 0 Å². The van der Waals surface area contributed by atoms with Gasteiger partial charge >= 0.3 is 12.1 Å². The second-order valence-electron chi connectivity index (χ2n) is 7.59. The zero-order valence-electron chi connectivity index (χ0n) is 19.6. The number of carboxylic acids is 1. The molecule has 0 saturated carbocycles. The van der Waals surface area contributed by atoms with Gasteiger partial charge < -0.3 is 20.1 Å². The number of amides is 1. The third-order valence-electron chi connectivity index (χ3n) is 5.04. The maximum Gasteiger partial charge on any atom is 0.490 e. The normalized spacial score (nSPS) is 14.3. The van der Waals surface area contributed by atoms with Gasteiger partial charge in [-0.3, -0.25) is 4.79 Å². The number of hydrogen-bond acceptors (Lipinski definition) is 6. The number of carbonyl (C=O) groups is 2. The molecule has 1 heterocycles. The second-order valence-corrected chi connectivity index (χ2v) is 9.93. The first-order valence-electron chi connectivity index (χ1n) is 11.0. The predicted molar refractivity (Wildman–Crippen MR) is 124 cm³/mol. The number of unbranched alkanes of at least 4 members (excludes halogenated alkanes) is 2. The molecule has 1 aliphatic rings. The van der Waals surface area contributed by atoms with Crippen LogP contribution in [0.1, 0.15) is 32.6 Å². The van der Waals surface area contributed by atoms with Gasteiger partial charge in [0.25, 0.3) is 0 Å². The van der Waals surface area contributed by atoms with Crippen LogP contribution in [-0.4, -0.2) is 87.2 Å². The molecule has 9 nitrogen and oxygen atoms in total. The molecular formula is C21H31ClF3N3O6S. The summed E-state index contributed by atoms with van der Waals surface area (Å²) in [4.78, 5) is 23.2. The van der Waals surface area contributed by atoms with Crippen LogP contribution in [0.15, 0.2) is 23.1 Å². The SMILES string of the molecule is CCCCCN(CCC(=O)N1CCNCC1)S(=O)(=O)c1cc(Cl)ccc1OC.O=C(O)C(F)(F)F. The maximum atomic E-state index is 13.3. The standard InChI is InChI=1S/C19H30ClN3O4S.C2HF3O2/c1-3-4-5-11-23(12-8-19(24)22-13-9-21-10-14-22)28(25,26)18-15-16(20)6-7-17(18)27-2;3-2(4,5)1(6)7/h6-7,15,21H,3-5,8-14H2,1-2H3;(H,6,7). The molecule has 2 N–H and O–H groups in total. The van der Waals surface area contributed by atoms with Crippen molar-refractivity contribution in [2.75, 3.05) is 46.4 Å². The molecule has 35 heavy (non-hydrogen) atoms. The molecule has 0 spiro atoms. The van der Waals surface area contributed by atoms with Crippen LogP contribution >= 0.6 is 11.6 Å². The number of hydrogen-bond donors (Lipinski definition) is 2. The first-order valence-corrected chi connectivity index (χ1v) is 12.8. The Morgan fingerprint density at radius 2 is 1.80 bits per heavy atom. The quantitative estimate of drug-likeness (QED) is 0.434. The Labute approximate surface area is 208 Å². The van der Waals surface area contributed by atoms with Gasteiger partial charge in [-0.1, -0.05) is 31.4 Å². The highest BCUT2D eigenvalue weighted by Crippen LogP contribution is 2.30. The number of benzene rings is 1. The number of ether oxygens (including phenoxy) is 1. The smallest absolute Gasteiger partial charge is 0.490 e. The van der Waals surface area contributed by atoms with Gasteiger partial charge in [-0.25, -0.2) is 13.2 Å². The number of carboxylic acid groups (broad SMARTS) is 1. The van der Waals surface area contributed by atoms with Crippen molar-refractivity contribution in [2.45, 2.75) is 43.7 Å². The van der Waals surface area contributed by atoms with Gasteiger partial charge in [0.1, 0.15) is 10.6 Å². The largest absolute Gasteiger partial charge is 0.495 e. The Bertz CT molecular complexity index is 941. The summed E-state index contributed by atoms with van der Waals surface area (Å²) in [6.45, 7) is 5.42. The number of halogens is 4. The first-order chi connectivity index (χ1) is 16.3. The predicted octanol–water partition coefficient (Wildman–Crippen LogP) is 2.98.